The monoisotopic (exact) mass is 348 g/mol. The van der Waals surface area contributed by atoms with Crippen LogP contribution in [0.25, 0.3) is 11.1 Å². The number of aromatic nitrogens is 2. The van der Waals surface area contributed by atoms with E-state index >= 15 is 0 Å². The second-order valence-electron chi connectivity index (χ2n) is 7.04. The summed E-state index contributed by atoms with van der Waals surface area (Å²) in [4.78, 5) is 23.3. The Kier molecular flexibility index (Phi) is 5.46. The van der Waals surface area contributed by atoms with Crippen LogP contribution in [0.15, 0.2) is 35.3 Å². The first-order valence-electron chi connectivity index (χ1n) is 7.87. The molecule has 0 unspecified atom stereocenters. The molecule has 7 heteroatoms. The third kappa shape index (κ3) is 4.45. The zero-order valence-corrected chi connectivity index (χ0v) is 15.6. The van der Waals surface area contributed by atoms with Gasteiger partial charge in [0.1, 0.15) is 6.73 Å². The molecule has 0 saturated heterocycles. The van der Waals surface area contributed by atoms with E-state index in [2.05, 4.69) is 19.6 Å². The van der Waals surface area contributed by atoms with E-state index in [4.69, 9.17) is 9.84 Å². The summed E-state index contributed by atoms with van der Waals surface area (Å²) in [6.07, 6.45) is 1.74. The lowest BCUT2D eigenvalue weighted by Gasteiger charge is -2.16. The van der Waals surface area contributed by atoms with Crippen molar-refractivity contribution in [3.63, 3.8) is 0 Å². The molecule has 2 aromatic rings. The molecule has 0 amide bonds. The summed E-state index contributed by atoms with van der Waals surface area (Å²) in [6.45, 7) is 7.89. The van der Waals surface area contributed by atoms with Crippen LogP contribution < -0.4 is 5.56 Å². The number of carbonyl (C=O) groups is 1. The van der Waals surface area contributed by atoms with Crippen LogP contribution in [0, 0.1) is 0 Å². The summed E-state index contributed by atoms with van der Waals surface area (Å²) < 4.78 is 8.93. The minimum absolute atomic E-state index is 0.133. The van der Waals surface area contributed by atoms with Crippen molar-refractivity contribution in [2.75, 3.05) is 6.61 Å². The summed E-state index contributed by atoms with van der Waals surface area (Å²) >= 11 is 0. The van der Waals surface area contributed by atoms with Crippen LogP contribution in [0.3, 0.4) is 0 Å². The highest BCUT2D eigenvalue weighted by molar-refractivity contribution is 6.76. The number of aromatic carboxylic acids is 1. The van der Waals surface area contributed by atoms with Crippen LogP contribution in [0.4, 0.5) is 0 Å². The van der Waals surface area contributed by atoms with E-state index in [9.17, 15) is 9.59 Å². The minimum Gasteiger partial charge on any atom is -0.478 e. The number of benzene rings is 1. The number of carboxylic acids is 1. The average Bonchev–Trinajstić information content (AvgIpc) is 2.79. The van der Waals surface area contributed by atoms with Crippen LogP contribution in [-0.2, 0) is 18.5 Å². The van der Waals surface area contributed by atoms with Crippen molar-refractivity contribution in [1.82, 2.24) is 9.36 Å². The molecule has 0 aliphatic carbocycles. The standard InChI is InChI=1S/C17H24N2O4Si/c1-18-16(20)15(13-5-7-14(8-6-13)17(21)22)11-19(18)12-23-9-10-24(2,3)4/h5-8,11H,9-10,12H2,1-4H3,(H,21,22). The Morgan fingerprint density at radius 3 is 2.38 bits per heavy atom. The number of hydrogen-bond donors (Lipinski definition) is 1. The fourth-order valence-corrected chi connectivity index (χ4v) is 2.99. The van der Waals surface area contributed by atoms with Gasteiger partial charge >= 0.3 is 5.97 Å². The van der Waals surface area contributed by atoms with E-state index in [0.717, 1.165) is 6.04 Å². The topological polar surface area (TPSA) is 73.5 Å². The van der Waals surface area contributed by atoms with Gasteiger partial charge in [-0.3, -0.25) is 14.2 Å². The lowest BCUT2D eigenvalue weighted by molar-refractivity contribution is 0.0695. The van der Waals surface area contributed by atoms with Gasteiger partial charge in [0.05, 0.1) is 11.1 Å². The Labute approximate surface area is 142 Å². The third-order valence-corrected chi connectivity index (χ3v) is 5.55. The molecule has 1 aromatic carbocycles. The fraction of sp³-hybridized carbons (Fsp3) is 0.412. The number of nitrogens with zero attached hydrogens (tertiary/aromatic N) is 2. The van der Waals surface area contributed by atoms with Gasteiger partial charge < -0.3 is 9.84 Å². The quantitative estimate of drug-likeness (QED) is 0.617. The Hall–Kier alpha value is -2.12. The van der Waals surface area contributed by atoms with Crippen molar-refractivity contribution < 1.29 is 14.6 Å². The highest BCUT2D eigenvalue weighted by atomic mass is 28.3. The molecule has 0 aliphatic rings. The van der Waals surface area contributed by atoms with E-state index in [1.807, 2.05) is 0 Å². The Morgan fingerprint density at radius 1 is 1.21 bits per heavy atom. The third-order valence-electron chi connectivity index (χ3n) is 3.85. The summed E-state index contributed by atoms with van der Waals surface area (Å²) in [5.74, 6) is -0.983. The van der Waals surface area contributed by atoms with Crippen LogP contribution in [-0.4, -0.2) is 35.1 Å². The number of carboxylic acid groups (broad SMARTS) is 1. The summed E-state index contributed by atoms with van der Waals surface area (Å²) in [5, 5.41) is 8.94. The molecule has 0 atom stereocenters. The van der Waals surface area contributed by atoms with E-state index in [1.165, 1.54) is 16.8 Å². The van der Waals surface area contributed by atoms with Gasteiger partial charge in [-0.2, -0.15) is 0 Å². The van der Waals surface area contributed by atoms with E-state index in [1.54, 1.807) is 30.1 Å². The zero-order valence-electron chi connectivity index (χ0n) is 14.6. The zero-order chi connectivity index (χ0) is 17.9. The molecule has 0 fully saturated rings. The second kappa shape index (κ2) is 7.19. The molecule has 0 saturated carbocycles. The lowest BCUT2D eigenvalue weighted by atomic mass is 10.1. The maximum atomic E-state index is 12.4. The average molecular weight is 348 g/mol. The van der Waals surface area contributed by atoms with Gasteiger partial charge in [0.25, 0.3) is 5.56 Å². The smallest absolute Gasteiger partial charge is 0.335 e. The van der Waals surface area contributed by atoms with Crippen molar-refractivity contribution in [3.8, 4) is 11.1 Å². The van der Waals surface area contributed by atoms with Gasteiger partial charge in [-0.15, -0.1) is 0 Å². The van der Waals surface area contributed by atoms with Crippen LogP contribution in [0.5, 0.6) is 0 Å². The summed E-state index contributed by atoms with van der Waals surface area (Å²) in [7, 11) is 0.561. The predicted molar refractivity (Wildman–Crippen MR) is 96.2 cm³/mol. The van der Waals surface area contributed by atoms with Gasteiger partial charge in [-0.1, -0.05) is 31.8 Å². The molecule has 0 aliphatic heterocycles. The van der Waals surface area contributed by atoms with E-state index < -0.39 is 14.0 Å². The van der Waals surface area contributed by atoms with Gasteiger partial charge in [0, 0.05) is 27.9 Å². The number of hydrogen-bond acceptors (Lipinski definition) is 3. The summed E-state index contributed by atoms with van der Waals surface area (Å²) in [5.41, 5.74) is 1.29. The summed E-state index contributed by atoms with van der Waals surface area (Å²) in [6, 6.07) is 7.37. The van der Waals surface area contributed by atoms with E-state index in [-0.39, 0.29) is 11.1 Å². The van der Waals surface area contributed by atoms with Crippen LogP contribution >= 0.6 is 0 Å². The SMILES string of the molecule is Cn1c(=O)c(-c2ccc(C(=O)O)cc2)cn1COCC[Si](C)(C)C. The predicted octanol–water partition coefficient (Wildman–Crippen LogP) is 2.86. The van der Waals surface area contributed by atoms with Crippen molar-refractivity contribution in [3.05, 3.63) is 46.4 Å². The van der Waals surface area contributed by atoms with Gasteiger partial charge in [0.15, 0.2) is 0 Å². The maximum Gasteiger partial charge on any atom is 0.335 e. The molecule has 1 aromatic heterocycles. The lowest BCUT2D eigenvalue weighted by Crippen LogP contribution is -2.24. The molecule has 0 bridgehead atoms. The fourth-order valence-electron chi connectivity index (χ4n) is 2.23. The molecule has 2 rings (SSSR count). The Morgan fingerprint density at radius 2 is 1.83 bits per heavy atom. The molecule has 6 nitrogen and oxygen atoms in total. The van der Waals surface area contributed by atoms with Crippen molar-refractivity contribution >= 4 is 14.0 Å². The number of rotatable bonds is 7. The molecule has 1 N–H and O–H groups in total. The maximum absolute atomic E-state index is 12.4. The van der Waals surface area contributed by atoms with Crippen LogP contribution in [0.2, 0.25) is 25.7 Å². The van der Waals surface area contributed by atoms with Crippen molar-refractivity contribution in [2.24, 2.45) is 7.05 Å². The first-order chi connectivity index (χ1) is 11.2. The Bertz CT molecular complexity index is 769. The van der Waals surface area contributed by atoms with E-state index in [0.29, 0.717) is 24.5 Å². The molecule has 0 spiro atoms. The molecule has 24 heavy (non-hydrogen) atoms. The molecular weight excluding hydrogens is 324 g/mol. The number of ether oxygens (including phenoxy) is 1. The molecule has 0 radical (unpaired) electrons. The highest BCUT2D eigenvalue weighted by Crippen LogP contribution is 2.17. The molecular formula is C17H24N2O4Si. The highest BCUT2D eigenvalue weighted by Gasteiger charge is 2.14. The second-order valence-corrected chi connectivity index (χ2v) is 12.7. The van der Waals surface area contributed by atoms with Crippen LogP contribution in [0.1, 0.15) is 10.4 Å². The Balaban J connectivity index is 2.13. The normalized spacial score (nSPS) is 11.7. The largest absolute Gasteiger partial charge is 0.478 e. The van der Waals surface area contributed by atoms with Gasteiger partial charge in [0.2, 0.25) is 0 Å². The molecule has 130 valence electrons. The molecule has 1 heterocycles. The van der Waals surface area contributed by atoms with Gasteiger partial charge in [-0.05, 0) is 23.7 Å². The van der Waals surface area contributed by atoms with Crippen molar-refractivity contribution in [1.29, 1.82) is 0 Å². The van der Waals surface area contributed by atoms with Crippen molar-refractivity contribution in [2.45, 2.75) is 32.4 Å². The first kappa shape index (κ1) is 18.2. The first-order valence-corrected chi connectivity index (χ1v) is 11.6. The van der Waals surface area contributed by atoms with Gasteiger partial charge in [-0.25, -0.2) is 4.79 Å². The minimum atomic E-state index is -1.13.